The number of aromatic nitrogens is 1. The molecule has 0 radical (unpaired) electrons. The molecular weight excluding hydrogens is 404 g/mol. The first kappa shape index (κ1) is 22.9. The molecule has 2 N–H and O–H groups in total. The van der Waals surface area contributed by atoms with Gasteiger partial charge in [0.15, 0.2) is 0 Å². The summed E-state index contributed by atoms with van der Waals surface area (Å²) in [7, 11) is 0. The van der Waals surface area contributed by atoms with Crippen molar-refractivity contribution in [1.29, 1.82) is 0 Å². The average molecular weight is 433 g/mol. The lowest BCUT2D eigenvalue weighted by Gasteiger charge is -2.22. The van der Waals surface area contributed by atoms with E-state index in [0.29, 0.717) is 17.9 Å². The number of nitrogens with one attached hydrogen (secondary N) is 2. The average Bonchev–Trinajstić information content (AvgIpc) is 2.75. The first-order valence-electron chi connectivity index (χ1n) is 10.6. The van der Waals surface area contributed by atoms with Crippen LogP contribution in [0.1, 0.15) is 30.7 Å². The SMILES string of the molecule is CCN(CC(=O)Nc1ccc(NC(C)=O)cc1)C(=O)Cc1c(C)nc2ccccc2c1C. The van der Waals surface area contributed by atoms with Crippen LogP contribution in [0.4, 0.5) is 11.4 Å². The number of fused-ring (bicyclic) bond motifs is 1. The third kappa shape index (κ3) is 5.49. The van der Waals surface area contributed by atoms with Crippen LogP contribution in [-0.2, 0) is 20.8 Å². The van der Waals surface area contributed by atoms with Crippen molar-refractivity contribution in [3.05, 3.63) is 65.4 Å². The van der Waals surface area contributed by atoms with E-state index in [9.17, 15) is 14.4 Å². The first-order valence-corrected chi connectivity index (χ1v) is 10.6. The topological polar surface area (TPSA) is 91.4 Å². The van der Waals surface area contributed by atoms with Crippen LogP contribution in [0.5, 0.6) is 0 Å². The molecule has 1 heterocycles. The summed E-state index contributed by atoms with van der Waals surface area (Å²) in [6.07, 6.45) is 0.196. The number of benzene rings is 2. The number of carbonyl (C=O) groups excluding carboxylic acids is 3. The van der Waals surface area contributed by atoms with Crippen LogP contribution >= 0.6 is 0 Å². The normalized spacial score (nSPS) is 10.6. The number of anilines is 2. The van der Waals surface area contributed by atoms with E-state index in [1.807, 2.05) is 45.0 Å². The van der Waals surface area contributed by atoms with Crippen molar-refractivity contribution in [2.75, 3.05) is 23.7 Å². The van der Waals surface area contributed by atoms with E-state index in [-0.39, 0.29) is 30.7 Å². The molecule has 0 aliphatic carbocycles. The fraction of sp³-hybridized carbons (Fsp3) is 0.280. The van der Waals surface area contributed by atoms with Crippen LogP contribution in [0.2, 0.25) is 0 Å². The molecule has 0 bridgehead atoms. The summed E-state index contributed by atoms with van der Waals surface area (Å²) in [6.45, 7) is 7.59. The number of pyridine rings is 1. The number of aryl methyl sites for hydroxylation is 2. The molecule has 1 aromatic heterocycles. The van der Waals surface area contributed by atoms with E-state index in [4.69, 9.17) is 0 Å². The number of likely N-dealkylation sites (N-methyl/N-ethyl adjacent to an activating group) is 1. The van der Waals surface area contributed by atoms with Gasteiger partial charge in [0.2, 0.25) is 17.7 Å². The van der Waals surface area contributed by atoms with Crippen molar-refractivity contribution >= 4 is 40.0 Å². The molecule has 0 unspecified atom stereocenters. The van der Waals surface area contributed by atoms with Crippen molar-refractivity contribution in [2.45, 2.75) is 34.1 Å². The number of amides is 3. The Morgan fingerprint density at radius 2 is 1.56 bits per heavy atom. The van der Waals surface area contributed by atoms with Gasteiger partial charge in [0.25, 0.3) is 0 Å². The summed E-state index contributed by atoms with van der Waals surface area (Å²) in [4.78, 5) is 42.8. The minimum absolute atomic E-state index is 0.0398. The predicted molar refractivity (Wildman–Crippen MR) is 127 cm³/mol. The molecule has 0 saturated heterocycles. The standard InChI is InChI=1S/C25H28N4O3/c1-5-29(15-24(31)28-20-12-10-19(11-13-20)27-18(4)30)25(32)14-22-16(2)21-8-6-7-9-23(21)26-17(22)3/h6-13H,5,14-15H2,1-4H3,(H,27,30)(H,28,31). The molecule has 0 saturated carbocycles. The highest BCUT2D eigenvalue weighted by Crippen LogP contribution is 2.23. The zero-order chi connectivity index (χ0) is 23.3. The van der Waals surface area contributed by atoms with Gasteiger partial charge in [0, 0.05) is 35.9 Å². The Hall–Kier alpha value is -3.74. The first-order chi connectivity index (χ1) is 15.3. The van der Waals surface area contributed by atoms with E-state index < -0.39 is 0 Å². The van der Waals surface area contributed by atoms with E-state index in [0.717, 1.165) is 27.7 Å². The second kappa shape index (κ2) is 10.0. The van der Waals surface area contributed by atoms with Crippen LogP contribution < -0.4 is 10.6 Å². The van der Waals surface area contributed by atoms with Crippen LogP contribution in [0.3, 0.4) is 0 Å². The van der Waals surface area contributed by atoms with Crippen LogP contribution in [0.15, 0.2) is 48.5 Å². The third-order valence-corrected chi connectivity index (χ3v) is 5.37. The van der Waals surface area contributed by atoms with Gasteiger partial charge >= 0.3 is 0 Å². The molecule has 3 rings (SSSR count). The van der Waals surface area contributed by atoms with Gasteiger partial charge in [0.05, 0.1) is 18.5 Å². The Labute approximate surface area is 187 Å². The summed E-state index contributed by atoms with van der Waals surface area (Å²) in [5.74, 6) is -0.560. The Morgan fingerprint density at radius 3 is 2.19 bits per heavy atom. The molecule has 0 atom stereocenters. The van der Waals surface area contributed by atoms with E-state index >= 15 is 0 Å². The summed E-state index contributed by atoms with van der Waals surface area (Å²) >= 11 is 0. The smallest absolute Gasteiger partial charge is 0.243 e. The molecular formula is C25H28N4O3. The van der Waals surface area contributed by atoms with Gasteiger partial charge in [0.1, 0.15) is 0 Å². The molecule has 166 valence electrons. The van der Waals surface area contributed by atoms with Gasteiger partial charge in [-0.05, 0) is 62.2 Å². The maximum Gasteiger partial charge on any atom is 0.243 e. The third-order valence-electron chi connectivity index (χ3n) is 5.37. The van der Waals surface area contributed by atoms with Crippen LogP contribution in [0.25, 0.3) is 10.9 Å². The zero-order valence-corrected chi connectivity index (χ0v) is 18.9. The number of para-hydroxylation sites is 1. The maximum atomic E-state index is 13.0. The molecule has 3 amide bonds. The second-order valence-corrected chi connectivity index (χ2v) is 7.71. The second-order valence-electron chi connectivity index (χ2n) is 7.71. The molecule has 7 nitrogen and oxygen atoms in total. The van der Waals surface area contributed by atoms with E-state index in [2.05, 4.69) is 15.6 Å². The van der Waals surface area contributed by atoms with Gasteiger partial charge in [-0.2, -0.15) is 0 Å². The highest BCUT2D eigenvalue weighted by molar-refractivity contribution is 5.95. The molecule has 0 aliphatic heterocycles. The Kier molecular flexibility index (Phi) is 7.20. The lowest BCUT2D eigenvalue weighted by molar-refractivity contribution is -0.133. The number of carbonyl (C=O) groups is 3. The minimum atomic E-state index is -0.280. The summed E-state index contributed by atoms with van der Waals surface area (Å²) in [5, 5.41) is 6.50. The molecule has 3 aromatic rings. The fourth-order valence-corrected chi connectivity index (χ4v) is 3.68. The molecule has 32 heavy (non-hydrogen) atoms. The fourth-order valence-electron chi connectivity index (χ4n) is 3.68. The van der Waals surface area contributed by atoms with Crippen LogP contribution in [-0.4, -0.2) is 40.7 Å². The predicted octanol–water partition coefficient (Wildman–Crippen LogP) is 3.84. The maximum absolute atomic E-state index is 13.0. The Bertz CT molecular complexity index is 1160. The van der Waals surface area contributed by atoms with Gasteiger partial charge in [-0.1, -0.05) is 18.2 Å². The number of nitrogens with zero attached hydrogens (tertiary/aromatic N) is 2. The molecule has 7 heteroatoms. The monoisotopic (exact) mass is 432 g/mol. The number of rotatable bonds is 7. The minimum Gasteiger partial charge on any atom is -0.333 e. The number of hydrogen-bond acceptors (Lipinski definition) is 4. The lowest BCUT2D eigenvalue weighted by Crippen LogP contribution is -2.39. The van der Waals surface area contributed by atoms with E-state index in [1.165, 1.54) is 11.8 Å². The van der Waals surface area contributed by atoms with Gasteiger partial charge < -0.3 is 15.5 Å². The molecule has 0 fully saturated rings. The Morgan fingerprint density at radius 1 is 0.938 bits per heavy atom. The van der Waals surface area contributed by atoms with Crippen molar-refractivity contribution < 1.29 is 14.4 Å². The van der Waals surface area contributed by atoms with Crippen molar-refractivity contribution in [3.63, 3.8) is 0 Å². The highest BCUT2D eigenvalue weighted by Gasteiger charge is 2.19. The zero-order valence-electron chi connectivity index (χ0n) is 18.9. The molecule has 2 aromatic carbocycles. The van der Waals surface area contributed by atoms with Crippen molar-refractivity contribution in [2.24, 2.45) is 0 Å². The van der Waals surface area contributed by atoms with Crippen molar-refractivity contribution in [1.82, 2.24) is 9.88 Å². The van der Waals surface area contributed by atoms with Gasteiger partial charge in [-0.15, -0.1) is 0 Å². The van der Waals surface area contributed by atoms with Crippen LogP contribution in [0, 0.1) is 13.8 Å². The summed E-state index contributed by atoms with van der Waals surface area (Å²) in [5.41, 5.74) is 4.93. The summed E-state index contributed by atoms with van der Waals surface area (Å²) in [6, 6.07) is 14.7. The van der Waals surface area contributed by atoms with Crippen molar-refractivity contribution in [3.8, 4) is 0 Å². The largest absolute Gasteiger partial charge is 0.333 e. The quantitative estimate of drug-likeness (QED) is 0.593. The van der Waals surface area contributed by atoms with E-state index in [1.54, 1.807) is 24.3 Å². The number of hydrogen-bond donors (Lipinski definition) is 2. The molecule has 0 spiro atoms. The van der Waals surface area contributed by atoms with Gasteiger partial charge in [-0.3, -0.25) is 19.4 Å². The highest BCUT2D eigenvalue weighted by atomic mass is 16.2. The lowest BCUT2D eigenvalue weighted by atomic mass is 9.99. The summed E-state index contributed by atoms with van der Waals surface area (Å²) < 4.78 is 0. The van der Waals surface area contributed by atoms with Gasteiger partial charge in [-0.25, -0.2) is 0 Å². The Balaban J connectivity index is 1.66. The molecule has 0 aliphatic rings.